The van der Waals surface area contributed by atoms with E-state index in [1.165, 1.54) is 13.8 Å². The van der Waals surface area contributed by atoms with Crippen molar-refractivity contribution in [3.8, 4) is 0 Å². The first-order valence-electron chi connectivity index (χ1n) is 9.74. The lowest BCUT2D eigenvalue weighted by atomic mass is 10.0. The van der Waals surface area contributed by atoms with Gasteiger partial charge in [-0.2, -0.15) is 0 Å². The number of aliphatic carboxylic acids is 3. The van der Waals surface area contributed by atoms with Crippen LogP contribution in [-0.4, -0.2) is 86.8 Å². The van der Waals surface area contributed by atoms with Crippen LogP contribution in [0.5, 0.6) is 0 Å². The van der Waals surface area contributed by atoms with Crippen LogP contribution in [0.25, 0.3) is 0 Å². The van der Waals surface area contributed by atoms with E-state index < -0.39 is 85.2 Å². The van der Waals surface area contributed by atoms with E-state index in [1.54, 1.807) is 0 Å². The van der Waals surface area contributed by atoms with Gasteiger partial charge in [0.25, 0.3) is 0 Å². The Morgan fingerprint density at radius 1 is 0.750 bits per heavy atom. The lowest BCUT2D eigenvalue weighted by molar-refractivity contribution is -0.144. The molecule has 0 saturated heterocycles. The summed E-state index contributed by atoms with van der Waals surface area (Å²) < 4.78 is 0. The highest BCUT2D eigenvalue weighted by molar-refractivity contribution is 5.94. The second-order valence-electron chi connectivity index (χ2n) is 7.34. The number of hydrogen-bond donors (Lipinski definition) is 8. The fraction of sp³-hybridized carbons (Fsp3) is 0.667. The Bertz CT molecular complexity index is 712. The zero-order valence-corrected chi connectivity index (χ0v) is 17.7. The molecule has 32 heavy (non-hydrogen) atoms. The summed E-state index contributed by atoms with van der Waals surface area (Å²) >= 11 is 0. The number of amides is 3. The molecule has 0 aliphatic rings. The molecule has 4 atom stereocenters. The first-order valence-corrected chi connectivity index (χ1v) is 9.74. The molecule has 0 aromatic heterocycles. The van der Waals surface area contributed by atoms with Crippen molar-refractivity contribution in [3.05, 3.63) is 0 Å². The summed E-state index contributed by atoms with van der Waals surface area (Å²) in [5.41, 5.74) is 5.57. The molecule has 0 aliphatic heterocycles. The Hall–Kier alpha value is -3.26. The van der Waals surface area contributed by atoms with Crippen molar-refractivity contribution >= 4 is 35.6 Å². The summed E-state index contributed by atoms with van der Waals surface area (Å²) in [4.78, 5) is 69.7. The summed E-state index contributed by atoms with van der Waals surface area (Å²) in [6.45, 7) is 2.17. The first kappa shape index (κ1) is 28.7. The largest absolute Gasteiger partial charge is 0.481 e. The molecular weight excluding hydrogens is 432 g/mol. The molecule has 4 unspecified atom stereocenters. The Kier molecular flexibility index (Phi) is 12.5. The van der Waals surface area contributed by atoms with Crippen molar-refractivity contribution in [2.45, 2.75) is 63.7 Å². The molecule has 182 valence electrons. The van der Waals surface area contributed by atoms with Crippen LogP contribution in [0.4, 0.5) is 0 Å². The van der Waals surface area contributed by atoms with E-state index in [4.69, 9.17) is 21.1 Å². The van der Waals surface area contributed by atoms with Gasteiger partial charge >= 0.3 is 17.9 Å². The van der Waals surface area contributed by atoms with Gasteiger partial charge in [-0.1, -0.05) is 13.8 Å². The van der Waals surface area contributed by atoms with E-state index in [9.17, 15) is 33.9 Å². The molecule has 0 radical (unpaired) electrons. The lowest BCUT2D eigenvalue weighted by Gasteiger charge is -2.25. The van der Waals surface area contributed by atoms with Gasteiger partial charge < -0.3 is 42.1 Å². The van der Waals surface area contributed by atoms with Crippen LogP contribution < -0.4 is 21.7 Å². The summed E-state index contributed by atoms with van der Waals surface area (Å²) in [5.74, 6) is -7.21. The number of carboxylic acid groups (broad SMARTS) is 3. The topological polar surface area (TPSA) is 245 Å². The van der Waals surface area contributed by atoms with Gasteiger partial charge in [-0.15, -0.1) is 0 Å². The number of rotatable bonds is 15. The quantitative estimate of drug-likeness (QED) is 0.124. The number of carbonyl (C=O) groups is 6. The number of nitrogens with one attached hydrogen (secondary N) is 3. The maximum absolute atomic E-state index is 12.5. The summed E-state index contributed by atoms with van der Waals surface area (Å²) in [7, 11) is 0. The third-order valence-electron chi connectivity index (χ3n) is 4.33. The SMILES string of the molecule is CC(C)C(NC(=O)C(CO)NC(=O)C(CCC(=O)O)NC(=O)C(N)CCC(=O)O)C(=O)O. The fourth-order valence-corrected chi connectivity index (χ4v) is 2.46. The molecule has 0 aliphatic carbocycles. The third kappa shape index (κ3) is 10.7. The highest BCUT2D eigenvalue weighted by Crippen LogP contribution is 2.04. The number of carbonyl (C=O) groups excluding carboxylic acids is 3. The van der Waals surface area contributed by atoms with Gasteiger partial charge in [0.05, 0.1) is 12.6 Å². The predicted molar refractivity (Wildman–Crippen MR) is 107 cm³/mol. The maximum Gasteiger partial charge on any atom is 0.326 e. The van der Waals surface area contributed by atoms with E-state index in [2.05, 4.69) is 16.0 Å². The van der Waals surface area contributed by atoms with Gasteiger partial charge in [0.2, 0.25) is 17.7 Å². The average Bonchev–Trinajstić information content (AvgIpc) is 2.69. The van der Waals surface area contributed by atoms with Crippen LogP contribution in [0.1, 0.15) is 39.5 Å². The molecule has 0 bridgehead atoms. The molecule has 0 spiro atoms. The van der Waals surface area contributed by atoms with Crippen LogP contribution in [0, 0.1) is 5.92 Å². The Labute approximate surface area is 183 Å². The van der Waals surface area contributed by atoms with E-state index >= 15 is 0 Å². The number of aliphatic hydroxyl groups is 1. The van der Waals surface area contributed by atoms with Crippen LogP contribution in [0.15, 0.2) is 0 Å². The molecule has 9 N–H and O–H groups in total. The van der Waals surface area contributed by atoms with Crippen molar-refractivity contribution in [2.75, 3.05) is 6.61 Å². The van der Waals surface area contributed by atoms with Crippen molar-refractivity contribution in [1.29, 1.82) is 0 Å². The molecular formula is C18H30N4O10. The highest BCUT2D eigenvalue weighted by atomic mass is 16.4. The average molecular weight is 462 g/mol. The number of carboxylic acids is 3. The van der Waals surface area contributed by atoms with Gasteiger partial charge in [0, 0.05) is 12.8 Å². The van der Waals surface area contributed by atoms with Gasteiger partial charge in [-0.3, -0.25) is 24.0 Å². The first-order chi connectivity index (χ1) is 14.8. The molecule has 0 fully saturated rings. The molecule has 3 amide bonds. The smallest absolute Gasteiger partial charge is 0.326 e. The van der Waals surface area contributed by atoms with Gasteiger partial charge in [0.15, 0.2) is 0 Å². The van der Waals surface area contributed by atoms with Crippen molar-refractivity contribution in [3.63, 3.8) is 0 Å². The molecule has 14 heteroatoms. The Balaban J connectivity index is 5.29. The van der Waals surface area contributed by atoms with Crippen LogP contribution in [-0.2, 0) is 28.8 Å². The standard InChI is InChI=1S/C18H30N4O10/c1-8(2)14(18(31)32)22-17(30)11(7-23)21-16(29)10(4-6-13(26)27)20-15(28)9(19)3-5-12(24)25/h8-11,14,23H,3-7,19H2,1-2H3,(H,20,28)(H,21,29)(H,22,30)(H,24,25)(H,26,27)(H,31,32). The van der Waals surface area contributed by atoms with E-state index in [0.29, 0.717) is 0 Å². The van der Waals surface area contributed by atoms with E-state index in [0.717, 1.165) is 0 Å². The van der Waals surface area contributed by atoms with Crippen molar-refractivity contribution < 1.29 is 49.2 Å². The zero-order chi connectivity index (χ0) is 25.0. The predicted octanol–water partition coefficient (Wildman–Crippen LogP) is -2.77. The molecule has 0 saturated carbocycles. The third-order valence-corrected chi connectivity index (χ3v) is 4.33. The van der Waals surface area contributed by atoms with Gasteiger partial charge in [0.1, 0.15) is 18.1 Å². The van der Waals surface area contributed by atoms with E-state index in [1.807, 2.05) is 0 Å². The molecule has 0 aromatic carbocycles. The lowest BCUT2D eigenvalue weighted by Crippen LogP contribution is -2.58. The molecule has 0 heterocycles. The highest BCUT2D eigenvalue weighted by Gasteiger charge is 2.31. The van der Waals surface area contributed by atoms with Crippen LogP contribution >= 0.6 is 0 Å². The molecule has 0 rings (SSSR count). The van der Waals surface area contributed by atoms with E-state index in [-0.39, 0.29) is 12.8 Å². The maximum atomic E-state index is 12.5. The second-order valence-corrected chi connectivity index (χ2v) is 7.34. The minimum atomic E-state index is -1.58. The fourth-order valence-electron chi connectivity index (χ4n) is 2.46. The zero-order valence-electron chi connectivity index (χ0n) is 17.7. The number of nitrogens with two attached hydrogens (primary N) is 1. The van der Waals surface area contributed by atoms with Crippen LogP contribution in [0.2, 0.25) is 0 Å². The molecule has 0 aromatic rings. The summed E-state index contributed by atoms with van der Waals surface area (Å²) in [5, 5.41) is 42.6. The van der Waals surface area contributed by atoms with Gasteiger partial charge in [-0.25, -0.2) is 4.79 Å². The number of hydrogen-bond acceptors (Lipinski definition) is 8. The molecule has 14 nitrogen and oxygen atoms in total. The Morgan fingerprint density at radius 2 is 1.22 bits per heavy atom. The monoisotopic (exact) mass is 462 g/mol. The normalized spacial score (nSPS) is 14.5. The summed E-state index contributed by atoms with van der Waals surface area (Å²) in [6.07, 6.45) is -1.56. The van der Waals surface area contributed by atoms with Gasteiger partial charge in [-0.05, 0) is 18.8 Å². The van der Waals surface area contributed by atoms with Crippen molar-refractivity contribution in [1.82, 2.24) is 16.0 Å². The number of aliphatic hydroxyl groups excluding tert-OH is 1. The second kappa shape index (κ2) is 13.9. The summed E-state index contributed by atoms with van der Waals surface area (Å²) in [6, 6.07) is -5.61. The Morgan fingerprint density at radius 3 is 1.66 bits per heavy atom. The van der Waals surface area contributed by atoms with Crippen LogP contribution in [0.3, 0.4) is 0 Å². The van der Waals surface area contributed by atoms with Crippen molar-refractivity contribution in [2.24, 2.45) is 11.7 Å². The minimum Gasteiger partial charge on any atom is -0.481 e. The minimum absolute atomic E-state index is 0.234.